The van der Waals surface area contributed by atoms with Gasteiger partial charge in [-0.3, -0.25) is 0 Å². The third kappa shape index (κ3) is 2.91. The molecule has 0 atom stereocenters. The second kappa shape index (κ2) is 7.37. The molecule has 4 aromatic rings. The predicted molar refractivity (Wildman–Crippen MR) is 124 cm³/mol. The van der Waals surface area contributed by atoms with Crippen molar-refractivity contribution in [2.45, 2.75) is 33.1 Å². The quantitative estimate of drug-likeness (QED) is 0.302. The van der Waals surface area contributed by atoms with Crippen LogP contribution >= 0.6 is 0 Å². The summed E-state index contributed by atoms with van der Waals surface area (Å²) in [4.78, 5) is 0. The summed E-state index contributed by atoms with van der Waals surface area (Å²) in [6.07, 6.45) is 3.10. The lowest BCUT2D eigenvalue weighted by molar-refractivity contribution is 1.13. The van der Waals surface area contributed by atoms with E-state index in [0.717, 1.165) is 19.3 Å². The molecule has 0 nitrogen and oxygen atoms in total. The summed E-state index contributed by atoms with van der Waals surface area (Å²) in [5.41, 5.74) is 14.1. The highest BCUT2D eigenvalue weighted by Crippen LogP contribution is 2.47. The zero-order chi connectivity index (χ0) is 19.8. The van der Waals surface area contributed by atoms with Crippen LogP contribution in [0.2, 0.25) is 0 Å². The van der Waals surface area contributed by atoms with Gasteiger partial charge >= 0.3 is 0 Å². The average Bonchev–Trinajstić information content (AvgIpc) is 3.17. The highest BCUT2D eigenvalue weighted by molar-refractivity contribution is 5.95. The van der Waals surface area contributed by atoms with Gasteiger partial charge in [0.05, 0.1) is 0 Å². The van der Waals surface area contributed by atoms with Crippen molar-refractivity contribution in [2.24, 2.45) is 0 Å². The largest absolute Gasteiger partial charge is 0.0620 e. The Labute approximate surface area is 173 Å². The van der Waals surface area contributed by atoms with Gasteiger partial charge in [-0.25, -0.2) is 0 Å². The minimum atomic E-state index is 1.01. The topological polar surface area (TPSA) is 0 Å². The first-order valence-electron chi connectivity index (χ1n) is 10.7. The molecular weight excluding hydrogens is 348 g/mol. The summed E-state index contributed by atoms with van der Waals surface area (Å²) >= 11 is 0. The molecule has 0 amide bonds. The molecule has 0 N–H and O–H groups in total. The number of hydrogen-bond donors (Lipinski definition) is 0. The third-order valence-corrected chi connectivity index (χ3v) is 6.34. The van der Waals surface area contributed by atoms with E-state index >= 15 is 0 Å². The summed E-state index contributed by atoms with van der Waals surface area (Å²) in [5, 5.41) is 0. The maximum absolute atomic E-state index is 2.36. The Kier molecular flexibility index (Phi) is 4.56. The van der Waals surface area contributed by atoms with Crippen LogP contribution in [0.1, 0.15) is 36.1 Å². The van der Waals surface area contributed by atoms with Crippen molar-refractivity contribution in [2.75, 3.05) is 0 Å². The predicted octanol–water partition coefficient (Wildman–Crippen LogP) is 7.72. The minimum absolute atomic E-state index is 1.01. The van der Waals surface area contributed by atoms with Crippen LogP contribution in [0.25, 0.3) is 33.4 Å². The molecular formula is C29H26. The summed E-state index contributed by atoms with van der Waals surface area (Å²) in [6, 6.07) is 31.4. The van der Waals surface area contributed by atoms with Crippen LogP contribution in [0.4, 0.5) is 0 Å². The molecule has 0 spiro atoms. The first-order chi connectivity index (χ1) is 14.3. The molecule has 0 bridgehead atoms. The van der Waals surface area contributed by atoms with E-state index in [1.54, 1.807) is 0 Å². The van der Waals surface area contributed by atoms with Crippen LogP contribution in [0, 0.1) is 0 Å². The lowest BCUT2D eigenvalue weighted by atomic mass is 9.84. The van der Waals surface area contributed by atoms with E-state index in [-0.39, 0.29) is 0 Å². The monoisotopic (exact) mass is 374 g/mol. The summed E-state index contributed by atoms with van der Waals surface area (Å²) in [5.74, 6) is 0. The second-order valence-electron chi connectivity index (χ2n) is 7.87. The second-order valence-corrected chi connectivity index (χ2v) is 7.87. The molecule has 0 radical (unpaired) electrons. The molecule has 142 valence electrons. The van der Waals surface area contributed by atoms with Crippen molar-refractivity contribution < 1.29 is 0 Å². The van der Waals surface area contributed by atoms with Crippen LogP contribution in [-0.4, -0.2) is 0 Å². The van der Waals surface area contributed by atoms with E-state index in [1.807, 2.05) is 0 Å². The number of rotatable bonds is 4. The molecule has 0 heterocycles. The Hall–Kier alpha value is -3.12. The SMILES string of the molecule is CCc1ccccc1-c1ccc2c(c1-c1ccccc1CC)Cc1ccccc1-2. The molecule has 29 heavy (non-hydrogen) atoms. The van der Waals surface area contributed by atoms with Gasteiger partial charge in [0.1, 0.15) is 0 Å². The van der Waals surface area contributed by atoms with Crippen LogP contribution in [-0.2, 0) is 19.3 Å². The highest BCUT2D eigenvalue weighted by atomic mass is 14.3. The van der Waals surface area contributed by atoms with E-state index in [9.17, 15) is 0 Å². The van der Waals surface area contributed by atoms with Gasteiger partial charge in [-0.15, -0.1) is 0 Å². The lowest BCUT2D eigenvalue weighted by Gasteiger charge is -2.20. The molecule has 0 unspecified atom stereocenters. The van der Waals surface area contributed by atoms with Crippen molar-refractivity contribution in [3.63, 3.8) is 0 Å². The Balaban J connectivity index is 1.85. The number of aryl methyl sites for hydroxylation is 2. The zero-order valence-corrected chi connectivity index (χ0v) is 17.2. The van der Waals surface area contributed by atoms with Gasteiger partial charge in [-0.05, 0) is 74.9 Å². The van der Waals surface area contributed by atoms with E-state index in [2.05, 4.69) is 98.8 Å². The van der Waals surface area contributed by atoms with Gasteiger partial charge in [0.25, 0.3) is 0 Å². The third-order valence-electron chi connectivity index (χ3n) is 6.34. The number of benzene rings is 4. The summed E-state index contributed by atoms with van der Waals surface area (Å²) in [6.45, 7) is 4.51. The smallest absolute Gasteiger partial charge is 0.000706 e. The maximum atomic E-state index is 2.36. The van der Waals surface area contributed by atoms with Gasteiger partial charge in [0.2, 0.25) is 0 Å². The van der Waals surface area contributed by atoms with Gasteiger partial charge < -0.3 is 0 Å². The van der Waals surface area contributed by atoms with E-state index in [4.69, 9.17) is 0 Å². The van der Waals surface area contributed by atoms with E-state index in [1.165, 1.54) is 55.6 Å². The fraction of sp³-hybridized carbons (Fsp3) is 0.172. The first-order valence-corrected chi connectivity index (χ1v) is 10.7. The van der Waals surface area contributed by atoms with Crippen LogP contribution < -0.4 is 0 Å². The molecule has 0 aliphatic heterocycles. The molecule has 0 heteroatoms. The Morgan fingerprint density at radius 3 is 1.79 bits per heavy atom. The standard InChI is InChI=1S/C29H26/c1-3-20-11-5-8-14-23(20)27-18-17-26-24-15-9-7-13-22(24)19-28(26)29(27)25-16-10-6-12-21(25)4-2/h5-18H,3-4,19H2,1-2H3. The maximum Gasteiger partial charge on any atom is -0.000706 e. The molecule has 0 saturated heterocycles. The molecule has 1 aliphatic carbocycles. The lowest BCUT2D eigenvalue weighted by Crippen LogP contribution is -1.98. The van der Waals surface area contributed by atoms with E-state index in [0.29, 0.717) is 0 Å². The van der Waals surface area contributed by atoms with Gasteiger partial charge in [-0.2, -0.15) is 0 Å². The van der Waals surface area contributed by atoms with Crippen molar-refractivity contribution in [1.82, 2.24) is 0 Å². The van der Waals surface area contributed by atoms with Gasteiger partial charge in [0.15, 0.2) is 0 Å². The van der Waals surface area contributed by atoms with E-state index < -0.39 is 0 Å². The van der Waals surface area contributed by atoms with Crippen molar-refractivity contribution >= 4 is 0 Å². The Morgan fingerprint density at radius 1 is 0.517 bits per heavy atom. The summed E-state index contributed by atoms with van der Waals surface area (Å²) in [7, 11) is 0. The molecule has 0 aromatic heterocycles. The number of hydrogen-bond acceptors (Lipinski definition) is 0. The van der Waals surface area contributed by atoms with Gasteiger partial charge in [-0.1, -0.05) is 98.8 Å². The first kappa shape index (κ1) is 17.9. The fourth-order valence-electron chi connectivity index (χ4n) is 4.91. The number of fused-ring (bicyclic) bond motifs is 3. The van der Waals surface area contributed by atoms with Crippen LogP contribution in [0.15, 0.2) is 84.9 Å². The molecule has 0 saturated carbocycles. The fourth-order valence-corrected chi connectivity index (χ4v) is 4.91. The van der Waals surface area contributed by atoms with Crippen LogP contribution in [0.3, 0.4) is 0 Å². The summed E-state index contributed by atoms with van der Waals surface area (Å²) < 4.78 is 0. The van der Waals surface area contributed by atoms with Gasteiger partial charge in [0, 0.05) is 0 Å². The van der Waals surface area contributed by atoms with Crippen molar-refractivity contribution in [3.05, 3.63) is 107 Å². The zero-order valence-electron chi connectivity index (χ0n) is 17.2. The molecule has 5 rings (SSSR count). The minimum Gasteiger partial charge on any atom is -0.0620 e. The normalized spacial score (nSPS) is 11.9. The highest BCUT2D eigenvalue weighted by Gasteiger charge is 2.25. The molecule has 0 fully saturated rings. The van der Waals surface area contributed by atoms with Crippen LogP contribution in [0.5, 0.6) is 0 Å². The Bertz CT molecular complexity index is 1200. The molecule has 4 aromatic carbocycles. The van der Waals surface area contributed by atoms with Crippen molar-refractivity contribution in [1.29, 1.82) is 0 Å². The van der Waals surface area contributed by atoms with Crippen molar-refractivity contribution in [3.8, 4) is 33.4 Å². The molecule has 1 aliphatic rings. The average molecular weight is 375 g/mol. The Morgan fingerprint density at radius 2 is 1.07 bits per heavy atom.